The van der Waals surface area contributed by atoms with Crippen molar-refractivity contribution in [2.75, 3.05) is 6.61 Å². The third-order valence-corrected chi connectivity index (χ3v) is 4.48. The van der Waals surface area contributed by atoms with Gasteiger partial charge in [0.25, 0.3) is 0 Å². The normalized spacial score (nSPS) is 16.4. The third-order valence-electron chi connectivity index (χ3n) is 4.48. The molecule has 128 valence electrons. The molecule has 1 fully saturated rings. The van der Waals surface area contributed by atoms with Crippen molar-refractivity contribution in [3.05, 3.63) is 58.7 Å². The van der Waals surface area contributed by atoms with Crippen molar-refractivity contribution >= 4 is 11.6 Å². The van der Waals surface area contributed by atoms with Crippen molar-refractivity contribution in [3.8, 4) is 11.3 Å². The van der Waals surface area contributed by atoms with E-state index in [9.17, 15) is 9.18 Å². The van der Waals surface area contributed by atoms with Gasteiger partial charge in [-0.1, -0.05) is 0 Å². The number of aromatic carboxylic acids is 1. The Morgan fingerprint density at radius 3 is 2.80 bits per heavy atom. The highest BCUT2D eigenvalue weighted by Crippen LogP contribution is 2.33. The first kappa shape index (κ1) is 15.8. The fraction of sp³-hybridized carbons (Fsp3) is 0.263. The summed E-state index contributed by atoms with van der Waals surface area (Å²) < 4.78 is 22.1. The SMILES string of the molecule is Cc1ccn2c(CC3CO3)c(-c3c(C)cc(C(=O)O)cc3F)nc2c1. The molecule has 1 atom stereocenters. The molecule has 0 saturated carbocycles. The molecule has 25 heavy (non-hydrogen) atoms. The molecule has 0 bridgehead atoms. The smallest absolute Gasteiger partial charge is 0.335 e. The molecular weight excluding hydrogens is 323 g/mol. The lowest BCUT2D eigenvalue weighted by molar-refractivity contribution is 0.0696. The minimum atomic E-state index is -1.15. The highest BCUT2D eigenvalue weighted by Gasteiger charge is 2.28. The number of ether oxygens (including phenoxy) is 1. The molecule has 1 N–H and O–H groups in total. The van der Waals surface area contributed by atoms with E-state index in [1.165, 1.54) is 6.07 Å². The maximum absolute atomic E-state index is 14.8. The van der Waals surface area contributed by atoms with E-state index in [1.807, 2.05) is 29.7 Å². The van der Waals surface area contributed by atoms with Crippen molar-refractivity contribution in [1.29, 1.82) is 0 Å². The predicted molar refractivity (Wildman–Crippen MR) is 90.5 cm³/mol. The summed E-state index contributed by atoms with van der Waals surface area (Å²) >= 11 is 0. The molecule has 1 aliphatic rings. The Labute approximate surface area is 143 Å². The predicted octanol–water partition coefficient (Wildman–Crippen LogP) is 3.40. The lowest BCUT2D eigenvalue weighted by atomic mass is 9.99. The van der Waals surface area contributed by atoms with Gasteiger partial charge < -0.3 is 14.2 Å². The van der Waals surface area contributed by atoms with E-state index in [0.29, 0.717) is 29.8 Å². The number of carboxylic acids is 1. The number of aryl methyl sites for hydroxylation is 2. The highest BCUT2D eigenvalue weighted by molar-refractivity contribution is 5.89. The molecule has 5 nitrogen and oxygen atoms in total. The zero-order chi connectivity index (χ0) is 17.7. The number of benzene rings is 1. The summed E-state index contributed by atoms with van der Waals surface area (Å²) in [4.78, 5) is 15.8. The van der Waals surface area contributed by atoms with Crippen molar-refractivity contribution in [1.82, 2.24) is 9.38 Å². The average Bonchev–Trinajstić information content (AvgIpc) is 3.29. The van der Waals surface area contributed by atoms with Crippen LogP contribution in [0.4, 0.5) is 4.39 Å². The average molecular weight is 340 g/mol. The Bertz CT molecular complexity index is 982. The highest BCUT2D eigenvalue weighted by atomic mass is 19.1. The number of halogens is 1. The molecule has 0 aliphatic carbocycles. The van der Waals surface area contributed by atoms with E-state index < -0.39 is 11.8 Å². The van der Waals surface area contributed by atoms with Gasteiger partial charge in [0, 0.05) is 18.2 Å². The summed E-state index contributed by atoms with van der Waals surface area (Å²) in [5.41, 5.74) is 4.07. The second-order valence-corrected chi connectivity index (χ2v) is 6.45. The summed E-state index contributed by atoms with van der Waals surface area (Å²) in [6.07, 6.45) is 2.69. The van der Waals surface area contributed by atoms with Crippen molar-refractivity contribution in [3.63, 3.8) is 0 Å². The zero-order valence-electron chi connectivity index (χ0n) is 13.9. The summed E-state index contributed by atoms with van der Waals surface area (Å²) in [5, 5.41) is 9.12. The molecule has 2 aromatic heterocycles. The van der Waals surface area contributed by atoms with Crippen molar-refractivity contribution < 1.29 is 19.0 Å². The minimum Gasteiger partial charge on any atom is -0.478 e. The lowest BCUT2D eigenvalue weighted by Crippen LogP contribution is -2.04. The van der Waals surface area contributed by atoms with Gasteiger partial charge in [-0.05, 0) is 49.2 Å². The number of fused-ring (bicyclic) bond motifs is 1. The van der Waals surface area contributed by atoms with Gasteiger partial charge in [0.2, 0.25) is 0 Å². The fourth-order valence-corrected chi connectivity index (χ4v) is 3.16. The Balaban J connectivity index is 1.95. The van der Waals surface area contributed by atoms with Crippen LogP contribution < -0.4 is 0 Å². The number of carbonyl (C=O) groups is 1. The standard InChI is InChI=1S/C19H17FN2O3/c1-10-3-4-22-15(8-13-9-25-13)18(21-16(22)5-10)17-11(2)6-12(19(23)24)7-14(17)20/h3-7,13H,8-9H2,1-2H3,(H,23,24). The number of carboxylic acid groups (broad SMARTS) is 1. The van der Waals surface area contributed by atoms with Crippen molar-refractivity contribution in [2.24, 2.45) is 0 Å². The first-order chi connectivity index (χ1) is 11.9. The maximum Gasteiger partial charge on any atom is 0.335 e. The van der Waals surface area contributed by atoms with E-state index in [2.05, 4.69) is 4.98 Å². The molecule has 3 aromatic rings. The molecule has 3 heterocycles. The second kappa shape index (κ2) is 5.67. The van der Waals surface area contributed by atoms with Crippen LogP contribution in [0.5, 0.6) is 0 Å². The van der Waals surface area contributed by atoms with Gasteiger partial charge >= 0.3 is 5.97 Å². The van der Waals surface area contributed by atoms with Crippen LogP contribution in [0.25, 0.3) is 16.9 Å². The zero-order valence-corrected chi connectivity index (χ0v) is 13.9. The second-order valence-electron chi connectivity index (χ2n) is 6.45. The van der Waals surface area contributed by atoms with Gasteiger partial charge in [-0.3, -0.25) is 0 Å². The monoisotopic (exact) mass is 340 g/mol. The van der Waals surface area contributed by atoms with Crippen molar-refractivity contribution in [2.45, 2.75) is 26.4 Å². The van der Waals surface area contributed by atoms with Gasteiger partial charge in [-0.15, -0.1) is 0 Å². The molecule has 1 aliphatic heterocycles. The largest absolute Gasteiger partial charge is 0.478 e. The van der Waals surface area contributed by atoms with E-state index in [-0.39, 0.29) is 11.7 Å². The molecule has 4 rings (SSSR count). The summed E-state index contributed by atoms with van der Waals surface area (Å²) in [5.74, 6) is -1.72. The van der Waals surface area contributed by atoms with E-state index in [1.54, 1.807) is 6.92 Å². The Morgan fingerprint density at radius 1 is 1.40 bits per heavy atom. The van der Waals surface area contributed by atoms with Crippen LogP contribution in [0.3, 0.4) is 0 Å². The maximum atomic E-state index is 14.8. The number of hydrogen-bond acceptors (Lipinski definition) is 3. The van der Waals surface area contributed by atoms with Gasteiger partial charge in [-0.2, -0.15) is 0 Å². The minimum absolute atomic E-state index is 0.0644. The molecule has 0 spiro atoms. The van der Waals surface area contributed by atoms with Gasteiger partial charge in [0.1, 0.15) is 11.5 Å². The van der Waals surface area contributed by atoms with E-state index in [4.69, 9.17) is 9.84 Å². The molecule has 1 aromatic carbocycles. The quantitative estimate of drug-likeness (QED) is 0.739. The number of hydrogen-bond donors (Lipinski definition) is 1. The molecule has 1 unspecified atom stereocenters. The van der Waals surface area contributed by atoms with Crippen LogP contribution in [0.15, 0.2) is 30.5 Å². The van der Waals surface area contributed by atoms with E-state index >= 15 is 0 Å². The van der Waals surface area contributed by atoms with Gasteiger partial charge in [-0.25, -0.2) is 14.2 Å². The topological polar surface area (TPSA) is 67.1 Å². The van der Waals surface area contributed by atoms with Gasteiger partial charge in [0.15, 0.2) is 0 Å². The van der Waals surface area contributed by atoms with Crippen LogP contribution in [-0.4, -0.2) is 33.2 Å². The number of epoxide rings is 1. The Hall–Kier alpha value is -2.73. The molecule has 1 saturated heterocycles. The van der Waals surface area contributed by atoms with E-state index in [0.717, 1.165) is 23.0 Å². The Morgan fingerprint density at radius 2 is 2.16 bits per heavy atom. The molecule has 0 radical (unpaired) electrons. The number of rotatable bonds is 4. The Kier molecular flexibility index (Phi) is 3.58. The van der Waals surface area contributed by atoms with Gasteiger partial charge in [0.05, 0.1) is 29.7 Å². The van der Waals surface area contributed by atoms with Crippen LogP contribution >= 0.6 is 0 Å². The number of nitrogens with zero attached hydrogens (tertiary/aromatic N) is 2. The van der Waals surface area contributed by atoms with Crippen LogP contribution in [0.1, 0.15) is 27.2 Å². The molecular formula is C19H17FN2O3. The number of pyridine rings is 1. The third kappa shape index (κ3) is 2.78. The number of imidazole rings is 1. The number of aromatic nitrogens is 2. The first-order valence-electron chi connectivity index (χ1n) is 8.07. The molecule has 6 heteroatoms. The van der Waals surface area contributed by atoms with Crippen LogP contribution in [0, 0.1) is 19.7 Å². The first-order valence-corrected chi connectivity index (χ1v) is 8.07. The van der Waals surface area contributed by atoms with Crippen LogP contribution in [-0.2, 0) is 11.2 Å². The summed E-state index contributed by atoms with van der Waals surface area (Å²) in [6.45, 7) is 4.38. The lowest BCUT2D eigenvalue weighted by Gasteiger charge is -2.09. The summed E-state index contributed by atoms with van der Waals surface area (Å²) in [7, 11) is 0. The van der Waals surface area contributed by atoms with Crippen LogP contribution in [0.2, 0.25) is 0 Å². The summed E-state index contributed by atoms with van der Waals surface area (Å²) in [6, 6.07) is 6.46. The molecule has 0 amide bonds. The fourth-order valence-electron chi connectivity index (χ4n) is 3.16.